The predicted octanol–water partition coefficient (Wildman–Crippen LogP) is 5.62. The highest BCUT2D eigenvalue weighted by molar-refractivity contribution is 6.35. The SMILES string of the molecule is COc1ccc(C(C)Nc2cc(Cl)c(C)cc2Cl)cc1F. The third-order valence-electron chi connectivity index (χ3n) is 3.30. The molecule has 0 heterocycles. The first-order valence-corrected chi connectivity index (χ1v) is 7.23. The third-order valence-corrected chi connectivity index (χ3v) is 4.02. The number of aryl methyl sites for hydroxylation is 1. The fourth-order valence-electron chi connectivity index (χ4n) is 2.03. The molecule has 1 unspecified atom stereocenters. The predicted molar refractivity (Wildman–Crippen MR) is 86.2 cm³/mol. The van der Waals surface area contributed by atoms with Gasteiger partial charge in [-0.25, -0.2) is 4.39 Å². The average molecular weight is 328 g/mol. The average Bonchev–Trinajstić information content (AvgIpc) is 2.44. The van der Waals surface area contributed by atoms with Gasteiger partial charge in [-0.15, -0.1) is 0 Å². The number of benzene rings is 2. The molecule has 1 N–H and O–H groups in total. The van der Waals surface area contributed by atoms with E-state index in [1.54, 1.807) is 18.2 Å². The number of rotatable bonds is 4. The molecule has 0 aromatic heterocycles. The van der Waals surface area contributed by atoms with Crippen LogP contribution in [0.4, 0.5) is 10.1 Å². The van der Waals surface area contributed by atoms with Crippen molar-refractivity contribution in [2.45, 2.75) is 19.9 Å². The van der Waals surface area contributed by atoms with E-state index < -0.39 is 5.82 Å². The second-order valence-corrected chi connectivity index (χ2v) is 5.66. The standard InChI is InChI=1S/C16H16Cl2FNO/c1-9-6-13(18)15(8-12(9)17)20-10(2)11-4-5-16(21-3)14(19)7-11/h4-8,10,20H,1-3H3. The summed E-state index contributed by atoms with van der Waals surface area (Å²) >= 11 is 12.3. The molecular weight excluding hydrogens is 312 g/mol. The molecule has 21 heavy (non-hydrogen) atoms. The van der Waals surface area contributed by atoms with E-state index in [9.17, 15) is 4.39 Å². The summed E-state index contributed by atoms with van der Waals surface area (Å²) in [4.78, 5) is 0. The molecule has 0 aliphatic heterocycles. The minimum absolute atomic E-state index is 0.123. The van der Waals surface area contributed by atoms with Gasteiger partial charge in [0.1, 0.15) is 0 Å². The van der Waals surface area contributed by atoms with Gasteiger partial charge in [-0.1, -0.05) is 29.3 Å². The molecule has 0 aliphatic carbocycles. The van der Waals surface area contributed by atoms with Gasteiger partial charge in [0.05, 0.1) is 17.8 Å². The molecule has 0 radical (unpaired) electrons. The Kier molecular flexibility index (Phi) is 4.96. The van der Waals surface area contributed by atoms with Gasteiger partial charge in [0.25, 0.3) is 0 Å². The molecule has 2 aromatic carbocycles. The highest BCUT2D eigenvalue weighted by Crippen LogP contribution is 2.32. The summed E-state index contributed by atoms with van der Waals surface area (Å²) in [6.07, 6.45) is 0. The number of hydrogen-bond acceptors (Lipinski definition) is 2. The summed E-state index contributed by atoms with van der Waals surface area (Å²) < 4.78 is 18.7. The Balaban J connectivity index is 2.23. The molecular formula is C16H16Cl2FNO. The molecule has 2 aromatic rings. The molecule has 0 saturated heterocycles. The van der Waals surface area contributed by atoms with E-state index in [1.165, 1.54) is 13.2 Å². The summed E-state index contributed by atoms with van der Waals surface area (Å²) in [5.41, 5.74) is 2.42. The Morgan fingerprint density at radius 2 is 1.86 bits per heavy atom. The van der Waals surface area contributed by atoms with Crippen LogP contribution in [-0.2, 0) is 0 Å². The highest BCUT2D eigenvalue weighted by Gasteiger charge is 2.12. The van der Waals surface area contributed by atoms with Gasteiger partial charge in [-0.2, -0.15) is 0 Å². The highest BCUT2D eigenvalue weighted by atomic mass is 35.5. The van der Waals surface area contributed by atoms with Crippen molar-refractivity contribution in [3.63, 3.8) is 0 Å². The van der Waals surface area contributed by atoms with Gasteiger partial charge in [0, 0.05) is 11.1 Å². The first-order chi connectivity index (χ1) is 9.92. The molecule has 2 rings (SSSR count). The van der Waals surface area contributed by atoms with E-state index in [0.717, 1.165) is 16.8 Å². The van der Waals surface area contributed by atoms with Crippen LogP contribution in [0.25, 0.3) is 0 Å². The van der Waals surface area contributed by atoms with Gasteiger partial charge in [-0.3, -0.25) is 0 Å². The molecule has 0 spiro atoms. The van der Waals surface area contributed by atoms with Crippen LogP contribution in [0.15, 0.2) is 30.3 Å². The molecule has 0 fully saturated rings. The van der Waals surface area contributed by atoms with Crippen LogP contribution >= 0.6 is 23.2 Å². The molecule has 0 bridgehead atoms. The van der Waals surface area contributed by atoms with Crippen LogP contribution in [-0.4, -0.2) is 7.11 Å². The van der Waals surface area contributed by atoms with Crippen molar-refractivity contribution in [2.75, 3.05) is 12.4 Å². The number of ether oxygens (including phenoxy) is 1. The Hall–Kier alpha value is -1.45. The number of anilines is 1. The van der Waals surface area contributed by atoms with Crippen molar-refractivity contribution in [2.24, 2.45) is 0 Å². The van der Waals surface area contributed by atoms with Gasteiger partial charge < -0.3 is 10.1 Å². The monoisotopic (exact) mass is 327 g/mol. The number of hydrogen-bond donors (Lipinski definition) is 1. The van der Waals surface area contributed by atoms with Crippen LogP contribution in [0.2, 0.25) is 10.0 Å². The topological polar surface area (TPSA) is 21.3 Å². The van der Waals surface area contributed by atoms with Crippen molar-refractivity contribution >= 4 is 28.9 Å². The maximum Gasteiger partial charge on any atom is 0.165 e. The number of halogens is 3. The van der Waals surface area contributed by atoms with E-state index >= 15 is 0 Å². The lowest BCUT2D eigenvalue weighted by Crippen LogP contribution is -2.07. The van der Waals surface area contributed by atoms with E-state index in [1.807, 2.05) is 19.9 Å². The second kappa shape index (κ2) is 6.54. The fourth-order valence-corrected chi connectivity index (χ4v) is 2.46. The van der Waals surface area contributed by atoms with Gasteiger partial charge in [0.2, 0.25) is 0 Å². The van der Waals surface area contributed by atoms with Crippen molar-refractivity contribution < 1.29 is 9.13 Å². The molecule has 0 saturated carbocycles. The molecule has 112 valence electrons. The van der Waals surface area contributed by atoms with Crippen LogP contribution < -0.4 is 10.1 Å². The lowest BCUT2D eigenvalue weighted by atomic mass is 10.1. The van der Waals surface area contributed by atoms with Crippen LogP contribution in [0.3, 0.4) is 0 Å². The largest absolute Gasteiger partial charge is 0.494 e. The van der Waals surface area contributed by atoms with Crippen molar-refractivity contribution in [1.29, 1.82) is 0 Å². The van der Waals surface area contributed by atoms with E-state index in [-0.39, 0.29) is 11.8 Å². The zero-order valence-electron chi connectivity index (χ0n) is 12.0. The molecule has 2 nitrogen and oxygen atoms in total. The van der Waals surface area contributed by atoms with Crippen molar-refractivity contribution in [3.8, 4) is 5.75 Å². The van der Waals surface area contributed by atoms with Crippen LogP contribution in [0, 0.1) is 12.7 Å². The zero-order valence-corrected chi connectivity index (χ0v) is 13.5. The Labute approximate surface area is 133 Å². The van der Waals surface area contributed by atoms with E-state index in [0.29, 0.717) is 10.0 Å². The van der Waals surface area contributed by atoms with Crippen LogP contribution in [0.5, 0.6) is 5.75 Å². The molecule has 1 atom stereocenters. The zero-order chi connectivity index (χ0) is 15.6. The van der Waals surface area contributed by atoms with Gasteiger partial charge in [-0.05, 0) is 49.2 Å². The second-order valence-electron chi connectivity index (χ2n) is 4.84. The fraction of sp³-hybridized carbons (Fsp3) is 0.250. The summed E-state index contributed by atoms with van der Waals surface area (Å²) in [6.45, 7) is 3.81. The van der Waals surface area contributed by atoms with Gasteiger partial charge >= 0.3 is 0 Å². The summed E-state index contributed by atoms with van der Waals surface area (Å²) in [5.74, 6) is -0.168. The number of nitrogens with one attached hydrogen (secondary N) is 1. The Morgan fingerprint density at radius 3 is 2.48 bits per heavy atom. The Morgan fingerprint density at radius 1 is 1.14 bits per heavy atom. The summed E-state index contributed by atoms with van der Waals surface area (Å²) in [7, 11) is 1.44. The van der Waals surface area contributed by atoms with Crippen molar-refractivity contribution in [1.82, 2.24) is 0 Å². The minimum Gasteiger partial charge on any atom is -0.494 e. The van der Waals surface area contributed by atoms with E-state index in [2.05, 4.69) is 5.32 Å². The van der Waals surface area contributed by atoms with Crippen LogP contribution in [0.1, 0.15) is 24.1 Å². The molecule has 0 amide bonds. The van der Waals surface area contributed by atoms with E-state index in [4.69, 9.17) is 27.9 Å². The maximum absolute atomic E-state index is 13.7. The molecule has 5 heteroatoms. The first kappa shape index (κ1) is 15.9. The lowest BCUT2D eigenvalue weighted by molar-refractivity contribution is 0.386. The van der Waals surface area contributed by atoms with Crippen molar-refractivity contribution in [3.05, 3.63) is 57.3 Å². The quantitative estimate of drug-likeness (QED) is 0.786. The lowest BCUT2D eigenvalue weighted by Gasteiger charge is -2.18. The Bertz CT molecular complexity index is 661. The maximum atomic E-state index is 13.7. The summed E-state index contributed by atoms with van der Waals surface area (Å²) in [5, 5.41) is 4.45. The molecule has 0 aliphatic rings. The summed E-state index contributed by atoms with van der Waals surface area (Å²) in [6, 6.07) is 8.31. The smallest absolute Gasteiger partial charge is 0.165 e. The first-order valence-electron chi connectivity index (χ1n) is 6.48. The van der Waals surface area contributed by atoms with Gasteiger partial charge in [0.15, 0.2) is 11.6 Å². The third kappa shape index (κ3) is 3.60. The minimum atomic E-state index is -0.392. The number of methoxy groups -OCH3 is 1. The normalized spacial score (nSPS) is 12.1.